The number of nitrogens with zero attached hydrogens (tertiary/aromatic N) is 2. The Morgan fingerprint density at radius 1 is 1.60 bits per heavy atom. The number of nitrogens with two attached hydrogens (primary N) is 1. The van der Waals surface area contributed by atoms with Gasteiger partial charge in [0, 0.05) is 6.20 Å². The first kappa shape index (κ1) is 18.4. The summed E-state index contributed by atoms with van der Waals surface area (Å²) >= 11 is 0. The van der Waals surface area contributed by atoms with Crippen LogP contribution in [0.3, 0.4) is 0 Å². The summed E-state index contributed by atoms with van der Waals surface area (Å²) in [5.41, 5.74) is 2.49. The normalized spacial score (nSPS) is 41.0. The fraction of sp³-hybridized carbons (Fsp3) is 0.692. The van der Waals surface area contributed by atoms with E-state index in [0.717, 1.165) is 4.57 Å². The molecule has 0 saturated carbocycles. The maximum Gasteiger partial charge on any atom is 0.475 e. The Morgan fingerprint density at radius 2 is 2.28 bits per heavy atom. The maximum absolute atomic E-state index is 15.1. The number of phosphoric acid groups is 1. The fourth-order valence-corrected chi connectivity index (χ4v) is 4.46. The molecule has 0 aliphatic carbocycles. The van der Waals surface area contributed by atoms with Crippen molar-refractivity contribution in [1.29, 1.82) is 0 Å². The van der Waals surface area contributed by atoms with Crippen molar-refractivity contribution in [2.75, 3.05) is 12.3 Å². The molecule has 3 rings (SSSR count). The van der Waals surface area contributed by atoms with Crippen LogP contribution in [0.4, 0.5) is 10.2 Å². The summed E-state index contributed by atoms with van der Waals surface area (Å²) in [6.07, 6.45) is -2.54. The molecule has 2 aliphatic heterocycles. The van der Waals surface area contributed by atoms with E-state index in [4.69, 9.17) is 24.0 Å². The van der Waals surface area contributed by atoms with Crippen molar-refractivity contribution in [2.24, 2.45) is 0 Å². The summed E-state index contributed by atoms with van der Waals surface area (Å²) in [4.78, 5) is 15.5. The number of nitrogen functional groups attached to an aromatic ring is 1. The van der Waals surface area contributed by atoms with E-state index in [1.807, 2.05) is 0 Å². The molecule has 3 heterocycles. The van der Waals surface area contributed by atoms with Crippen molar-refractivity contribution in [1.82, 2.24) is 9.55 Å². The molecule has 1 aromatic rings. The van der Waals surface area contributed by atoms with Crippen LogP contribution >= 0.6 is 7.82 Å². The van der Waals surface area contributed by atoms with E-state index >= 15 is 4.39 Å². The van der Waals surface area contributed by atoms with E-state index < -0.39 is 50.0 Å². The van der Waals surface area contributed by atoms with Gasteiger partial charge in [-0.15, -0.1) is 0 Å². The Bertz CT molecular complexity index is 785. The molecule has 2 aliphatic rings. The van der Waals surface area contributed by atoms with Crippen molar-refractivity contribution < 1.29 is 32.4 Å². The second kappa shape index (κ2) is 5.83. The zero-order chi connectivity index (χ0) is 18.6. The van der Waals surface area contributed by atoms with E-state index in [9.17, 15) is 14.5 Å². The smallest absolute Gasteiger partial charge is 0.383 e. The number of ether oxygens (including phenoxy) is 1. The van der Waals surface area contributed by atoms with Crippen LogP contribution in [0.2, 0.25) is 0 Å². The van der Waals surface area contributed by atoms with Crippen molar-refractivity contribution in [3.63, 3.8) is 0 Å². The van der Waals surface area contributed by atoms with Crippen LogP contribution in [0, 0.1) is 0 Å². The molecular formula is C13H19FN3O7P. The highest BCUT2D eigenvalue weighted by molar-refractivity contribution is 7.48. The maximum atomic E-state index is 15.1. The number of phosphoric ester groups is 1. The lowest BCUT2D eigenvalue weighted by molar-refractivity contribution is -0.221. The third-order valence-corrected chi connectivity index (χ3v) is 5.42. The average molecular weight is 379 g/mol. The van der Waals surface area contributed by atoms with Gasteiger partial charge in [-0.25, -0.2) is 13.8 Å². The quantitative estimate of drug-likeness (QED) is 0.728. The minimum atomic E-state index is -4.10. The molecule has 0 spiro atoms. The van der Waals surface area contributed by atoms with Crippen LogP contribution in [0.1, 0.15) is 27.0 Å². The van der Waals surface area contributed by atoms with Gasteiger partial charge in [-0.05, 0) is 26.8 Å². The first-order valence-electron chi connectivity index (χ1n) is 7.52. The van der Waals surface area contributed by atoms with E-state index in [1.165, 1.54) is 19.2 Å². The molecule has 5 unspecified atom stereocenters. The Balaban J connectivity index is 1.97. The summed E-state index contributed by atoms with van der Waals surface area (Å²) in [5.74, 6) is -2.68. The third-order valence-electron chi connectivity index (χ3n) is 3.83. The number of hydrogen-bond acceptors (Lipinski definition) is 9. The second-order valence-corrected chi connectivity index (χ2v) is 7.96. The summed E-state index contributed by atoms with van der Waals surface area (Å²) in [6.45, 7) is 3.58. The number of alkyl halides is 1. The number of fused-ring (bicyclic) bond motifs is 1. The van der Waals surface area contributed by atoms with Crippen molar-refractivity contribution in [3.8, 4) is 0 Å². The summed E-state index contributed by atoms with van der Waals surface area (Å²) in [6, 6.07) is 1.29. The van der Waals surface area contributed by atoms with Crippen LogP contribution in [0.25, 0.3) is 0 Å². The Labute approximate surface area is 142 Å². The van der Waals surface area contributed by atoms with E-state index in [1.54, 1.807) is 13.8 Å². The third kappa shape index (κ3) is 3.12. The molecule has 25 heavy (non-hydrogen) atoms. The van der Waals surface area contributed by atoms with Crippen molar-refractivity contribution >= 4 is 13.6 Å². The highest BCUT2D eigenvalue weighted by Crippen LogP contribution is 2.62. The van der Waals surface area contributed by atoms with Crippen LogP contribution < -0.4 is 11.4 Å². The standard InChI is InChI=1S/C13H19FN3O7P/c1-7(2)23-25(20)21-6-13(14)9(24-25)12(3,19)10(22-13)17-5-4-8(15)16-11(17)18/h4-5,7,9-10,19H,6H2,1-3H3,(H2,15,16,18). The van der Waals surface area contributed by atoms with Gasteiger partial charge < -0.3 is 15.6 Å². The van der Waals surface area contributed by atoms with Gasteiger partial charge in [0.05, 0.1) is 6.10 Å². The monoisotopic (exact) mass is 379 g/mol. The van der Waals surface area contributed by atoms with Gasteiger partial charge in [-0.1, -0.05) is 0 Å². The average Bonchev–Trinajstić information content (AvgIpc) is 2.67. The van der Waals surface area contributed by atoms with Crippen LogP contribution in [0.5, 0.6) is 0 Å². The largest absolute Gasteiger partial charge is 0.475 e. The second-order valence-electron chi connectivity index (χ2n) is 6.38. The molecule has 10 nitrogen and oxygen atoms in total. The summed E-state index contributed by atoms with van der Waals surface area (Å²) in [5, 5.41) is 10.8. The molecule has 0 radical (unpaired) electrons. The molecule has 2 fully saturated rings. The molecule has 5 atom stereocenters. The topological polar surface area (TPSA) is 135 Å². The van der Waals surface area contributed by atoms with Gasteiger partial charge >= 0.3 is 13.5 Å². The number of anilines is 1. The fourth-order valence-electron chi connectivity index (χ4n) is 2.81. The van der Waals surface area contributed by atoms with Gasteiger partial charge in [-0.2, -0.15) is 4.98 Å². The highest BCUT2D eigenvalue weighted by Gasteiger charge is 2.69. The van der Waals surface area contributed by atoms with Gasteiger partial charge in [0.15, 0.2) is 12.3 Å². The lowest BCUT2D eigenvalue weighted by atomic mass is 9.95. The van der Waals surface area contributed by atoms with Crippen LogP contribution in [-0.4, -0.2) is 44.9 Å². The van der Waals surface area contributed by atoms with Gasteiger partial charge in [0.2, 0.25) is 0 Å². The summed E-state index contributed by atoms with van der Waals surface area (Å²) < 4.78 is 48.8. The number of aromatic nitrogens is 2. The predicted molar refractivity (Wildman–Crippen MR) is 82.1 cm³/mol. The van der Waals surface area contributed by atoms with E-state index in [0.29, 0.717) is 0 Å². The Morgan fingerprint density at radius 3 is 2.88 bits per heavy atom. The predicted octanol–water partition coefficient (Wildman–Crippen LogP) is 0.720. The lowest BCUT2D eigenvalue weighted by Gasteiger charge is -2.37. The molecular weight excluding hydrogens is 360 g/mol. The zero-order valence-electron chi connectivity index (χ0n) is 13.8. The van der Waals surface area contributed by atoms with Crippen LogP contribution in [0.15, 0.2) is 17.1 Å². The molecule has 12 heteroatoms. The minimum absolute atomic E-state index is 0.0410. The Hall–Kier alpha value is -1.36. The minimum Gasteiger partial charge on any atom is -0.383 e. The first-order valence-corrected chi connectivity index (χ1v) is 8.98. The zero-order valence-corrected chi connectivity index (χ0v) is 14.7. The van der Waals surface area contributed by atoms with Crippen molar-refractivity contribution in [3.05, 3.63) is 22.7 Å². The molecule has 3 N–H and O–H groups in total. The van der Waals surface area contributed by atoms with Gasteiger partial charge in [0.1, 0.15) is 18.0 Å². The molecule has 2 saturated heterocycles. The highest BCUT2D eigenvalue weighted by atomic mass is 31.2. The number of rotatable bonds is 3. The van der Waals surface area contributed by atoms with Crippen molar-refractivity contribution in [2.45, 2.75) is 50.7 Å². The Kier molecular flexibility index (Phi) is 4.30. The van der Waals surface area contributed by atoms with Gasteiger partial charge in [0.25, 0.3) is 5.85 Å². The molecule has 1 aromatic heterocycles. The lowest BCUT2D eigenvalue weighted by Crippen LogP contribution is -2.53. The number of hydrogen-bond donors (Lipinski definition) is 2. The SMILES string of the molecule is CC(C)OP1(=O)OCC2(F)OC(n3ccc(N)nc3=O)C(C)(O)C2O1. The van der Waals surface area contributed by atoms with E-state index in [-0.39, 0.29) is 5.82 Å². The van der Waals surface area contributed by atoms with Gasteiger partial charge in [-0.3, -0.25) is 18.1 Å². The molecule has 0 aromatic carbocycles. The molecule has 0 bridgehead atoms. The van der Waals surface area contributed by atoms with E-state index in [2.05, 4.69) is 4.98 Å². The molecule has 140 valence electrons. The number of halogens is 1. The molecule has 0 amide bonds. The first-order chi connectivity index (χ1) is 11.5. The van der Waals surface area contributed by atoms with Crippen LogP contribution in [-0.2, 0) is 22.9 Å². The summed E-state index contributed by atoms with van der Waals surface area (Å²) in [7, 11) is -4.10. The number of aliphatic hydroxyl groups is 1.